The van der Waals surface area contributed by atoms with E-state index in [1.807, 2.05) is 30.5 Å². The van der Waals surface area contributed by atoms with Crippen LogP contribution in [0.1, 0.15) is 12.1 Å². The number of aliphatic hydroxyl groups is 1. The van der Waals surface area contributed by atoms with Crippen LogP contribution in [0.2, 0.25) is 0 Å². The van der Waals surface area contributed by atoms with Gasteiger partial charge in [0.25, 0.3) is 0 Å². The topological polar surface area (TPSA) is 33.1 Å². The van der Waals surface area contributed by atoms with Crippen LogP contribution in [-0.4, -0.2) is 16.7 Å². The lowest BCUT2D eigenvalue weighted by atomic mass is 9.96. The van der Waals surface area contributed by atoms with Gasteiger partial charge >= 0.3 is 0 Å². The van der Waals surface area contributed by atoms with E-state index in [2.05, 4.69) is 17.5 Å². The molecule has 0 bridgehead atoms. The maximum absolute atomic E-state index is 9.03. The number of allylic oxidation sites excluding steroid dienone is 2. The van der Waals surface area contributed by atoms with E-state index in [1.54, 1.807) is 0 Å². The van der Waals surface area contributed by atoms with E-state index in [1.165, 1.54) is 5.57 Å². The van der Waals surface area contributed by atoms with Gasteiger partial charge in [0, 0.05) is 18.3 Å². The van der Waals surface area contributed by atoms with Gasteiger partial charge < -0.3 is 5.11 Å². The molecule has 0 aromatic carbocycles. The fourth-order valence-electron chi connectivity index (χ4n) is 1.69. The second-order valence-electron chi connectivity index (χ2n) is 3.64. The van der Waals surface area contributed by atoms with E-state index in [9.17, 15) is 0 Å². The molecule has 0 saturated carbocycles. The molecule has 1 aliphatic rings. The predicted molar refractivity (Wildman–Crippen MR) is 60.1 cm³/mol. The molecule has 0 fully saturated rings. The predicted octanol–water partition coefficient (Wildman–Crippen LogP) is 2.08. The minimum Gasteiger partial charge on any atom is -0.392 e. The van der Waals surface area contributed by atoms with Crippen molar-refractivity contribution < 1.29 is 5.11 Å². The van der Waals surface area contributed by atoms with Crippen molar-refractivity contribution >= 4 is 0 Å². The molecule has 0 atom stereocenters. The zero-order valence-electron chi connectivity index (χ0n) is 8.56. The van der Waals surface area contributed by atoms with Crippen LogP contribution < -0.4 is 0 Å². The fourth-order valence-corrected chi connectivity index (χ4v) is 1.69. The Kier molecular flexibility index (Phi) is 3.30. The lowest BCUT2D eigenvalue weighted by Gasteiger charge is -2.11. The van der Waals surface area contributed by atoms with Gasteiger partial charge in [-0.3, -0.25) is 4.98 Å². The summed E-state index contributed by atoms with van der Waals surface area (Å²) >= 11 is 0. The number of hydrogen-bond acceptors (Lipinski definition) is 2. The first-order chi connectivity index (χ1) is 7.38. The molecule has 1 aromatic heterocycles. The molecule has 0 spiro atoms. The van der Waals surface area contributed by atoms with Crippen LogP contribution in [0.3, 0.4) is 0 Å². The molecule has 2 rings (SSSR count). The van der Waals surface area contributed by atoms with Crippen molar-refractivity contribution in [2.75, 3.05) is 6.61 Å². The molecule has 2 heteroatoms. The highest BCUT2D eigenvalue weighted by Crippen LogP contribution is 2.19. The molecule has 1 heterocycles. The lowest BCUT2D eigenvalue weighted by molar-refractivity contribution is 0.334. The van der Waals surface area contributed by atoms with Crippen LogP contribution in [0, 0.1) is 6.42 Å². The summed E-state index contributed by atoms with van der Waals surface area (Å²) in [4.78, 5) is 4.29. The number of aromatic nitrogens is 1. The third kappa shape index (κ3) is 2.77. The Morgan fingerprint density at radius 3 is 3.00 bits per heavy atom. The molecule has 0 aliphatic heterocycles. The average molecular weight is 200 g/mol. The highest BCUT2D eigenvalue weighted by Gasteiger charge is 2.06. The van der Waals surface area contributed by atoms with E-state index in [0.717, 1.165) is 24.1 Å². The SMILES string of the molecule is OCC1=C[CH]CC(Cc2ccccn2)=C1. The molecular formula is C13H14NO. The van der Waals surface area contributed by atoms with Crippen LogP contribution in [0.15, 0.2) is 47.7 Å². The van der Waals surface area contributed by atoms with E-state index in [0.29, 0.717) is 0 Å². The van der Waals surface area contributed by atoms with Crippen LogP contribution in [0.5, 0.6) is 0 Å². The standard InChI is InChI=1S/C13H14NO/c15-10-12-5-3-4-11(8-12)9-13-6-1-2-7-14-13/h1-3,5-8,15H,4,9-10H2. The highest BCUT2D eigenvalue weighted by molar-refractivity contribution is 5.34. The number of hydrogen-bond donors (Lipinski definition) is 1. The quantitative estimate of drug-likeness (QED) is 0.810. The second-order valence-corrected chi connectivity index (χ2v) is 3.64. The molecule has 1 aliphatic carbocycles. The van der Waals surface area contributed by atoms with Gasteiger partial charge in [-0.25, -0.2) is 0 Å². The average Bonchev–Trinajstić information content (AvgIpc) is 2.31. The van der Waals surface area contributed by atoms with Crippen LogP contribution >= 0.6 is 0 Å². The zero-order chi connectivity index (χ0) is 10.5. The van der Waals surface area contributed by atoms with Crippen molar-refractivity contribution in [3.8, 4) is 0 Å². The highest BCUT2D eigenvalue weighted by atomic mass is 16.3. The molecule has 1 N–H and O–H groups in total. The Labute approximate surface area is 90.0 Å². The minimum atomic E-state index is 0.113. The molecule has 15 heavy (non-hydrogen) atoms. The molecule has 1 radical (unpaired) electrons. The summed E-state index contributed by atoms with van der Waals surface area (Å²) in [5.41, 5.74) is 3.36. The maximum Gasteiger partial charge on any atom is 0.0678 e. The van der Waals surface area contributed by atoms with E-state index >= 15 is 0 Å². The maximum atomic E-state index is 9.03. The summed E-state index contributed by atoms with van der Waals surface area (Å²) in [5.74, 6) is 0. The largest absolute Gasteiger partial charge is 0.392 e. The first kappa shape index (κ1) is 10.1. The molecule has 2 nitrogen and oxygen atoms in total. The summed E-state index contributed by atoms with van der Waals surface area (Å²) < 4.78 is 0. The summed E-state index contributed by atoms with van der Waals surface area (Å²) in [6, 6.07) is 5.94. The van der Waals surface area contributed by atoms with E-state index in [4.69, 9.17) is 5.11 Å². The van der Waals surface area contributed by atoms with Gasteiger partial charge in [0.05, 0.1) is 6.61 Å². The molecule has 77 valence electrons. The van der Waals surface area contributed by atoms with Gasteiger partial charge in [0.1, 0.15) is 0 Å². The van der Waals surface area contributed by atoms with Crippen molar-refractivity contribution in [1.29, 1.82) is 0 Å². The number of nitrogens with zero attached hydrogens (tertiary/aromatic N) is 1. The van der Waals surface area contributed by atoms with Crippen LogP contribution in [0.4, 0.5) is 0 Å². The summed E-state index contributed by atoms with van der Waals surface area (Å²) in [7, 11) is 0. The van der Waals surface area contributed by atoms with E-state index in [-0.39, 0.29) is 6.61 Å². The number of pyridine rings is 1. The number of rotatable bonds is 3. The van der Waals surface area contributed by atoms with Crippen molar-refractivity contribution in [2.45, 2.75) is 12.8 Å². The summed E-state index contributed by atoms with van der Waals surface area (Å²) in [6.45, 7) is 0.113. The molecular weight excluding hydrogens is 186 g/mol. The first-order valence-corrected chi connectivity index (χ1v) is 5.11. The molecule has 0 saturated heterocycles. The van der Waals surface area contributed by atoms with Gasteiger partial charge in [-0.15, -0.1) is 0 Å². The first-order valence-electron chi connectivity index (χ1n) is 5.11. The minimum absolute atomic E-state index is 0.113. The molecule has 1 aromatic rings. The van der Waals surface area contributed by atoms with Crippen molar-refractivity contribution in [2.24, 2.45) is 0 Å². The normalized spacial score (nSPS) is 15.8. The van der Waals surface area contributed by atoms with Crippen molar-refractivity contribution in [1.82, 2.24) is 4.98 Å². The Hall–Kier alpha value is -1.41. The zero-order valence-corrected chi connectivity index (χ0v) is 8.56. The Morgan fingerprint density at radius 2 is 2.27 bits per heavy atom. The van der Waals surface area contributed by atoms with Crippen LogP contribution in [0.25, 0.3) is 0 Å². The van der Waals surface area contributed by atoms with Gasteiger partial charge in [-0.1, -0.05) is 23.8 Å². The number of aliphatic hydroxyl groups excluding tert-OH is 1. The van der Waals surface area contributed by atoms with Crippen LogP contribution in [-0.2, 0) is 6.42 Å². The third-order valence-corrected chi connectivity index (χ3v) is 2.42. The third-order valence-electron chi connectivity index (χ3n) is 2.42. The lowest BCUT2D eigenvalue weighted by Crippen LogP contribution is -2.00. The van der Waals surface area contributed by atoms with E-state index < -0.39 is 0 Å². The Bertz CT molecular complexity index is 379. The van der Waals surface area contributed by atoms with Gasteiger partial charge in [-0.2, -0.15) is 0 Å². The smallest absolute Gasteiger partial charge is 0.0678 e. The van der Waals surface area contributed by atoms with Gasteiger partial charge in [-0.05, 0) is 30.5 Å². The second kappa shape index (κ2) is 4.89. The Balaban J connectivity index is 2.07. The molecule has 0 amide bonds. The monoisotopic (exact) mass is 200 g/mol. The summed E-state index contributed by atoms with van der Waals surface area (Å²) in [5, 5.41) is 9.03. The Morgan fingerprint density at radius 1 is 1.33 bits per heavy atom. The fraction of sp³-hybridized carbons (Fsp3) is 0.231. The summed E-state index contributed by atoms with van der Waals surface area (Å²) in [6.07, 6.45) is 9.76. The van der Waals surface area contributed by atoms with Crippen molar-refractivity contribution in [3.05, 3.63) is 59.8 Å². The van der Waals surface area contributed by atoms with Gasteiger partial charge in [0.15, 0.2) is 0 Å². The molecule has 0 unspecified atom stereocenters. The van der Waals surface area contributed by atoms with Crippen molar-refractivity contribution in [3.63, 3.8) is 0 Å². The van der Waals surface area contributed by atoms with Gasteiger partial charge in [0.2, 0.25) is 0 Å².